The monoisotopic (exact) mass is 269 g/mol. The van der Waals surface area contributed by atoms with E-state index in [0.29, 0.717) is 26.1 Å². The highest BCUT2D eigenvalue weighted by atomic mass is 16.3. The first-order valence-corrected chi connectivity index (χ1v) is 7.15. The van der Waals surface area contributed by atoms with Crippen LogP contribution in [0.2, 0.25) is 0 Å². The van der Waals surface area contributed by atoms with Crippen molar-refractivity contribution in [3.05, 3.63) is 0 Å². The Bertz CT molecular complexity index is 325. The van der Waals surface area contributed by atoms with Gasteiger partial charge in [0.15, 0.2) is 0 Å². The molecule has 2 fully saturated rings. The Morgan fingerprint density at radius 1 is 1.26 bits per heavy atom. The maximum Gasteiger partial charge on any atom is 0.312 e. The Morgan fingerprint density at radius 3 is 2.47 bits per heavy atom. The lowest BCUT2D eigenvalue weighted by molar-refractivity contribution is -0.154. The second kappa shape index (κ2) is 6.86. The quantitative estimate of drug-likeness (QED) is 0.654. The van der Waals surface area contributed by atoms with E-state index in [1.807, 2.05) is 0 Å². The van der Waals surface area contributed by atoms with Crippen LogP contribution in [-0.2, 0) is 9.59 Å². The number of amides is 2. The standard InChI is InChI=1S/C13H23N3O3/c17-10-2-7-16(11-3-1-4-11)13(19)12(18)15-8-5-14-6-9-15/h11,14,17H,1-10H2. The number of carbonyl (C=O) groups is 2. The van der Waals surface area contributed by atoms with Crippen LogP contribution >= 0.6 is 0 Å². The molecule has 0 bridgehead atoms. The highest BCUT2D eigenvalue weighted by molar-refractivity contribution is 6.35. The molecule has 0 aromatic carbocycles. The van der Waals surface area contributed by atoms with Crippen LogP contribution < -0.4 is 5.32 Å². The van der Waals surface area contributed by atoms with Crippen LogP contribution in [0.25, 0.3) is 0 Å². The maximum absolute atomic E-state index is 12.3. The van der Waals surface area contributed by atoms with E-state index in [-0.39, 0.29) is 24.5 Å². The molecule has 2 rings (SSSR count). The molecule has 0 radical (unpaired) electrons. The summed E-state index contributed by atoms with van der Waals surface area (Å²) in [5, 5.41) is 12.1. The van der Waals surface area contributed by atoms with Crippen LogP contribution in [0.3, 0.4) is 0 Å². The van der Waals surface area contributed by atoms with Crippen molar-refractivity contribution in [1.29, 1.82) is 0 Å². The average Bonchev–Trinajstić information content (AvgIpc) is 2.40. The topological polar surface area (TPSA) is 72.9 Å². The fourth-order valence-electron chi connectivity index (χ4n) is 2.52. The molecular weight excluding hydrogens is 246 g/mol. The van der Waals surface area contributed by atoms with Gasteiger partial charge in [-0.05, 0) is 25.7 Å². The molecule has 0 aromatic rings. The molecule has 1 heterocycles. The van der Waals surface area contributed by atoms with Gasteiger partial charge in [0, 0.05) is 45.4 Å². The Hall–Kier alpha value is -1.14. The van der Waals surface area contributed by atoms with E-state index in [0.717, 1.165) is 32.4 Å². The summed E-state index contributed by atoms with van der Waals surface area (Å²) < 4.78 is 0. The van der Waals surface area contributed by atoms with Gasteiger partial charge in [-0.2, -0.15) is 0 Å². The molecule has 6 heteroatoms. The molecule has 2 amide bonds. The normalized spacial score (nSPS) is 19.9. The minimum absolute atomic E-state index is 0.0539. The summed E-state index contributed by atoms with van der Waals surface area (Å²) in [6.07, 6.45) is 3.62. The van der Waals surface area contributed by atoms with Crippen LogP contribution in [0, 0.1) is 0 Å². The second-order valence-electron chi connectivity index (χ2n) is 5.20. The van der Waals surface area contributed by atoms with Crippen molar-refractivity contribution in [2.24, 2.45) is 0 Å². The molecule has 108 valence electrons. The maximum atomic E-state index is 12.3. The molecule has 6 nitrogen and oxygen atoms in total. The summed E-state index contributed by atoms with van der Waals surface area (Å²) in [5.41, 5.74) is 0. The van der Waals surface area contributed by atoms with Gasteiger partial charge in [-0.1, -0.05) is 0 Å². The zero-order valence-electron chi connectivity index (χ0n) is 11.3. The molecule has 2 N–H and O–H groups in total. The third-order valence-electron chi connectivity index (χ3n) is 3.92. The van der Waals surface area contributed by atoms with Crippen LogP contribution in [0.5, 0.6) is 0 Å². The predicted octanol–water partition coefficient (Wildman–Crippen LogP) is -0.818. The van der Waals surface area contributed by atoms with Crippen molar-refractivity contribution in [2.45, 2.75) is 31.7 Å². The largest absolute Gasteiger partial charge is 0.396 e. The molecule has 0 aromatic heterocycles. The lowest BCUT2D eigenvalue weighted by Crippen LogP contribution is -2.55. The summed E-state index contributed by atoms with van der Waals surface area (Å²) in [4.78, 5) is 27.8. The minimum atomic E-state index is -0.389. The van der Waals surface area contributed by atoms with Crippen molar-refractivity contribution in [1.82, 2.24) is 15.1 Å². The highest BCUT2D eigenvalue weighted by Crippen LogP contribution is 2.25. The fraction of sp³-hybridized carbons (Fsp3) is 0.846. The van der Waals surface area contributed by atoms with E-state index in [9.17, 15) is 9.59 Å². The summed E-state index contributed by atoms with van der Waals surface area (Å²) in [6.45, 7) is 3.24. The third-order valence-corrected chi connectivity index (χ3v) is 3.92. The number of carbonyl (C=O) groups excluding carboxylic acids is 2. The summed E-state index contributed by atoms with van der Waals surface area (Å²) >= 11 is 0. The molecule has 1 aliphatic carbocycles. The zero-order chi connectivity index (χ0) is 13.7. The van der Waals surface area contributed by atoms with Crippen molar-refractivity contribution >= 4 is 11.8 Å². The first-order chi connectivity index (χ1) is 9.24. The molecular formula is C13H23N3O3. The van der Waals surface area contributed by atoms with E-state index in [1.54, 1.807) is 9.80 Å². The van der Waals surface area contributed by atoms with Crippen molar-refractivity contribution in [3.63, 3.8) is 0 Å². The van der Waals surface area contributed by atoms with Gasteiger partial charge in [-0.25, -0.2) is 0 Å². The predicted molar refractivity (Wildman–Crippen MR) is 70.5 cm³/mol. The van der Waals surface area contributed by atoms with E-state index >= 15 is 0 Å². The lowest BCUT2D eigenvalue weighted by atomic mass is 9.91. The van der Waals surface area contributed by atoms with Crippen molar-refractivity contribution in [3.8, 4) is 0 Å². The van der Waals surface area contributed by atoms with E-state index in [1.165, 1.54) is 0 Å². The van der Waals surface area contributed by atoms with Crippen molar-refractivity contribution in [2.75, 3.05) is 39.3 Å². The Labute approximate surface area is 113 Å². The Balaban J connectivity index is 1.94. The lowest BCUT2D eigenvalue weighted by Gasteiger charge is -2.38. The van der Waals surface area contributed by atoms with E-state index in [4.69, 9.17) is 5.11 Å². The second-order valence-corrected chi connectivity index (χ2v) is 5.20. The molecule has 0 unspecified atom stereocenters. The van der Waals surface area contributed by atoms with Crippen molar-refractivity contribution < 1.29 is 14.7 Å². The summed E-state index contributed by atoms with van der Waals surface area (Å²) in [6, 6.07) is 0.200. The van der Waals surface area contributed by atoms with E-state index < -0.39 is 0 Å². The Morgan fingerprint density at radius 2 is 1.95 bits per heavy atom. The highest BCUT2D eigenvalue weighted by Gasteiger charge is 2.34. The SMILES string of the molecule is O=C(C(=O)N(CCCO)C1CCC1)N1CCNCC1. The fourth-order valence-corrected chi connectivity index (χ4v) is 2.52. The molecule has 1 saturated heterocycles. The summed E-state index contributed by atoms with van der Waals surface area (Å²) in [7, 11) is 0. The van der Waals surface area contributed by atoms with Crippen LogP contribution in [0.1, 0.15) is 25.7 Å². The minimum Gasteiger partial charge on any atom is -0.396 e. The molecule has 0 atom stereocenters. The molecule has 2 aliphatic rings. The van der Waals surface area contributed by atoms with Crippen LogP contribution in [0.15, 0.2) is 0 Å². The van der Waals surface area contributed by atoms with Gasteiger partial charge in [0.1, 0.15) is 0 Å². The number of aliphatic hydroxyl groups excluding tert-OH is 1. The first kappa shape index (κ1) is 14.3. The number of nitrogens with zero attached hydrogens (tertiary/aromatic N) is 2. The van der Waals surface area contributed by atoms with E-state index in [2.05, 4.69) is 5.32 Å². The average molecular weight is 269 g/mol. The number of aliphatic hydroxyl groups is 1. The number of rotatable bonds is 4. The van der Waals surface area contributed by atoms with Gasteiger partial charge in [0.2, 0.25) is 0 Å². The van der Waals surface area contributed by atoms with Gasteiger partial charge in [0.05, 0.1) is 0 Å². The van der Waals surface area contributed by atoms with Gasteiger partial charge >= 0.3 is 11.8 Å². The molecule has 1 saturated carbocycles. The van der Waals surface area contributed by atoms with Crippen LogP contribution in [0.4, 0.5) is 0 Å². The number of hydrogen-bond donors (Lipinski definition) is 2. The summed E-state index contributed by atoms with van der Waals surface area (Å²) in [5.74, 6) is -0.772. The third kappa shape index (κ3) is 3.45. The first-order valence-electron chi connectivity index (χ1n) is 7.15. The van der Waals surface area contributed by atoms with Crippen LogP contribution in [-0.4, -0.2) is 72.1 Å². The van der Waals surface area contributed by atoms with Gasteiger partial charge in [-0.15, -0.1) is 0 Å². The van der Waals surface area contributed by atoms with Gasteiger partial charge in [-0.3, -0.25) is 9.59 Å². The van der Waals surface area contributed by atoms with Gasteiger partial charge < -0.3 is 20.2 Å². The molecule has 19 heavy (non-hydrogen) atoms. The zero-order valence-corrected chi connectivity index (χ0v) is 11.3. The molecule has 0 spiro atoms. The molecule has 1 aliphatic heterocycles. The number of nitrogens with one attached hydrogen (secondary N) is 1. The van der Waals surface area contributed by atoms with Gasteiger partial charge in [0.25, 0.3) is 0 Å². The Kier molecular flexibility index (Phi) is 5.15. The smallest absolute Gasteiger partial charge is 0.312 e. The number of piperazine rings is 1. The number of hydrogen-bond acceptors (Lipinski definition) is 4.